The molecule has 0 saturated carbocycles. The number of aliphatic imine (C=N–C) groups is 1. The van der Waals surface area contributed by atoms with E-state index >= 15 is 0 Å². The lowest BCUT2D eigenvalue weighted by molar-refractivity contribution is 0.111. The average Bonchev–Trinajstić information content (AvgIpc) is 2.75. The lowest BCUT2D eigenvalue weighted by atomic mass is 10.2. The second-order valence-corrected chi connectivity index (χ2v) is 3.63. The van der Waals surface area contributed by atoms with E-state index in [-0.39, 0.29) is 6.10 Å². The van der Waals surface area contributed by atoms with Crippen molar-refractivity contribution in [3.8, 4) is 0 Å². The number of methoxy groups -OCH3 is 1. The number of hydrogen-bond acceptors (Lipinski definition) is 2. The number of aromatic nitrogens is 1. The molecule has 0 amide bonds. The minimum Gasteiger partial charge on any atom is -0.382 e. The maximum Gasteiger partial charge on any atom is 0.148 e. The second kappa shape index (κ2) is 6.07. The van der Waals surface area contributed by atoms with Gasteiger partial charge in [-0.1, -0.05) is 0 Å². The Labute approximate surface area is 95.2 Å². The van der Waals surface area contributed by atoms with Gasteiger partial charge in [-0.05, 0) is 31.9 Å². The first-order valence-electron chi connectivity index (χ1n) is 5.20. The first kappa shape index (κ1) is 12.4. The summed E-state index contributed by atoms with van der Waals surface area (Å²) in [7, 11) is 1.71. The van der Waals surface area contributed by atoms with Crippen molar-refractivity contribution >= 4 is 12.2 Å². The van der Waals surface area contributed by atoms with Gasteiger partial charge < -0.3 is 15.5 Å². The summed E-state index contributed by atoms with van der Waals surface area (Å²) in [4.78, 5) is 6.86. The van der Waals surface area contributed by atoms with E-state index in [4.69, 9.17) is 15.9 Å². The predicted octanol–water partition coefficient (Wildman–Crippen LogP) is 1.29. The van der Waals surface area contributed by atoms with Crippen LogP contribution in [0.4, 0.5) is 0 Å². The Hall–Kier alpha value is -1.62. The van der Waals surface area contributed by atoms with Gasteiger partial charge >= 0.3 is 0 Å². The van der Waals surface area contributed by atoms with Gasteiger partial charge in [0, 0.05) is 12.8 Å². The second-order valence-electron chi connectivity index (χ2n) is 3.63. The smallest absolute Gasteiger partial charge is 0.148 e. The highest BCUT2D eigenvalue weighted by atomic mass is 16.5. The van der Waals surface area contributed by atoms with Crippen molar-refractivity contribution in [3.05, 3.63) is 23.5 Å². The molecule has 0 radical (unpaired) electrons. The van der Waals surface area contributed by atoms with Crippen molar-refractivity contribution in [2.24, 2.45) is 10.7 Å². The lowest BCUT2D eigenvalue weighted by Gasteiger charge is -2.07. The lowest BCUT2D eigenvalue weighted by Crippen LogP contribution is -2.14. The van der Waals surface area contributed by atoms with Crippen LogP contribution in [0.2, 0.25) is 0 Å². The van der Waals surface area contributed by atoms with Crippen LogP contribution < -0.4 is 5.73 Å². The van der Waals surface area contributed by atoms with Crippen LogP contribution >= 0.6 is 0 Å². The molecule has 4 N–H and O–H groups in total. The molecule has 1 rings (SSSR count). The maximum atomic E-state index is 6.83. The molecule has 1 aromatic rings. The standard InChI is InChI=1S/C11H18N4O/c1-8(16-2)3-4-9-5-6-10(15-9)11(13)14-7-12/h5-8,15H,3-4H2,1-2H3,(H3,12,13,14). The SMILES string of the molecule is COC(C)CCc1ccc(C(N)=NC=N)[nH]1. The minimum absolute atomic E-state index is 0.249. The molecule has 0 bridgehead atoms. The first-order chi connectivity index (χ1) is 7.67. The number of amidine groups is 1. The summed E-state index contributed by atoms with van der Waals surface area (Å²) in [5, 5.41) is 6.83. The van der Waals surface area contributed by atoms with E-state index < -0.39 is 0 Å². The Balaban J connectivity index is 2.58. The highest BCUT2D eigenvalue weighted by Gasteiger charge is 2.04. The summed E-state index contributed by atoms with van der Waals surface area (Å²) in [5.74, 6) is 0.334. The van der Waals surface area contributed by atoms with E-state index in [2.05, 4.69) is 9.98 Å². The van der Waals surface area contributed by atoms with Gasteiger partial charge in [0.2, 0.25) is 0 Å². The Morgan fingerprint density at radius 3 is 3.06 bits per heavy atom. The van der Waals surface area contributed by atoms with Gasteiger partial charge in [0.05, 0.1) is 11.8 Å². The Kier molecular flexibility index (Phi) is 4.72. The minimum atomic E-state index is 0.249. The van der Waals surface area contributed by atoms with Gasteiger partial charge in [-0.25, -0.2) is 4.99 Å². The molecule has 5 heteroatoms. The molecule has 0 spiro atoms. The largest absolute Gasteiger partial charge is 0.382 e. The van der Waals surface area contributed by atoms with Crippen LogP contribution in [0.1, 0.15) is 24.7 Å². The number of nitrogens with zero attached hydrogens (tertiary/aromatic N) is 1. The van der Waals surface area contributed by atoms with Crippen molar-refractivity contribution in [2.75, 3.05) is 7.11 Å². The monoisotopic (exact) mass is 222 g/mol. The number of rotatable bonds is 6. The van der Waals surface area contributed by atoms with Crippen LogP contribution in [-0.4, -0.2) is 30.4 Å². The van der Waals surface area contributed by atoms with Crippen molar-refractivity contribution in [2.45, 2.75) is 25.9 Å². The molecule has 0 aromatic carbocycles. The first-order valence-corrected chi connectivity index (χ1v) is 5.20. The molecular formula is C11H18N4O. The molecule has 1 atom stereocenters. The Morgan fingerprint density at radius 2 is 2.44 bits per heavy atom. The van der Waals surface area contributed by atoms with Crippen LogP contribution in [0, 0.1) is 5.41 Å². The van der Waals surface area contributed by atoms with Gasteiger partial charge in [-0.2, -0.15) is 0 Å². The molecule has 0 fully saturated rings. The predicted molar refractivity (Wildman–Crippen MR) is 65.1 cm³/mol. The molecule has 88 valence electrons. The quantitative estimate of drug-likeness (QED) is 0.500. The van der Waals surface area contributed by atoms with Crippen molar-refractivity contribution < 1.29 is 4.74 Å². The summed E-state index contributed by atoms with van der Waals surface area (Å²) < 4.78 is 5.17. The third kappa shape index (κ3) is 3.51. The fraction of sp³-hybridized carbons (Fsp3) is 0.455. The summed E-state index contributed by atoms with van der Waals surface area (Å²) in [6, 6.07) is 3.85. The number of nitrogens with one attached hydrogen (secondary N) is 2. The van der Waals surface area contributed by atoms with E-state index in [1.54, 1.807) is 7.11 Å². The number of nitrogens with two attached hydrogens (primary N) is 1. The maximum absolute atomic E-state index is 6.83. The fourth-order valence-electron chi connectivity index (χ4n) is 1.35. The molecule has 5 nitrogen and oxygen atoms in total. The van der Waals surface area contributed by atoms with E-state index in [1.165, 1.54) is 0 Å². The normalized spacial score (nSPS) is 13.8. The average molecular weight is 222 g/mol. The topological polar surface area (TPSA) is 87.2 Å². The van der Waals surface area contributed by atoms with Crippen molar-refractivity contribution in [3.63, 3.8) is 0 Å². The van der Waals surface area contributed by atoms with Gasteiger partial charge in [-0.3, -0.25) is 5.41 Å². The number of aryl methyl sites for hydroxylation is 1. The van der Waals surface area contributed by atoms with Gasteiger partial charge in [-0.15, -0.1) is 0 Å². The molecule has 0 aliphatic rings. The molecule has 1 unspecified atom stereocenters. The molecule has 0 aliphatic heterocycles. The van der Waals surface area contributed by atoms with E-state index in [9.17, 15) is 0 Å². The zero-order valence-corrected chi connectivity index (χ0v) is 9.66. The summed E-state index contributed by atoms with van der Waals surface area (Å²) in [6.45, 7) is 2.04. The molecule has 1 heterocycles. The van der Waals surface area contributed by atoms with Gasteiger partial charge in [0.1, 0.15) is 12.2 Å². The third-order valence-corrected chi connectivity index (χ3v) is 2.45. The van der Waals surface area contributed by atoms with E-state index in [1.807, 2.05) is 19.1 Å². The summed E-state index contributed by atoms with van der Waals surface area (Å²) in [6.07, 6.45) is 3.05. The van der Waals surface area contributed by atoms with E-state index in [0.29, 0.717) is 5.84 Å². The van der Waals surface area contributed by atoms with Crippen molar-refractivity contribution in [1.82, 2.24) is 4.98 Å². The van der Waals surface area contributed by atoms with Gasteiger partial charge in [0.25, 0.3) is 0 Å². The van der Waals surface area contributed by atoms with Gasteiger partial charge in [0.15, 0.2) is 0 Å². The highest BCUT2D eigenvalue weighted by molar-refractivity contribution is 5.99. The number of hydrogen-bond donors (Lipinski definition) is 3. The van der Waals surface area contributed by atoms with Crippen LogP contribution in [0.15, 0.2) is 17.1 Å². The zero-order valence-electron chi connectivity index (χ0n) is 9.66. The molecular weight excluding hydrogens is 204 g/mol. The number of H-pyrrole nitrogens is 1. The van der Waals surface area contributed by atoms with Crippen LogP contribution in [-0.2, 0) is 11.2 Å². The fourth-order valence-corrected chi connectivity index (χ4v) is 1.35. The molecule has 0 saturated heterocycles. The molecule has 16 heavy (non-hydrogen) atoms. The Morgan fingerprint density at radius 1 is 1.69 bits per heavy atom. The van der Waals surface area contributed by atoms with Crippen LogP contribution in [0.5, 0.6) is 0 Å². The van der Waals surface area contributed by atoms with Crippen molar-refractivity contribution in [1.29, 1.82) is 5.41 Å². The van der Waals surface area contributed by atoms with Crippen LogP contribution in [0.25, 0.3) is 0 Å². The number of aromatic amines is 1. The van der Waals surface area contributed by atoms with Crippen LogP contribution in [0.3, 0.4) is 0 Å². The Bertz CT molecular complexity index is 370. The molecule has 1 aromatic heterocycles. The summed E-state index contributed by atoms with van der Waals surface area (Å²) >= 11 is 0. The zero-order chi connectivity index (χ0) is 12.0. The molecule has 0 aliphatic carbocycles. The highest BCUT2D eigenvalue weighted by Crippen LogP contribution is 2.07. The third-order valence-electron chi connectivity index (χ3n) is 2.45. The number of ether oxygens (including phenoxy) is 1. The van der Waals surface area contributed by atoms with E-state index in [0.717, 1.165) is 30.6 Å². The summed E-state index contributed by atoms with van der Waals surface area (Å²) in [5.41, 5.74) is 7.50.